The van der Waals surface area contributed by atoms with Crippen LogP contribution in [-0.2, 0) is 18.7 Å². The average molecular weight is 168 g/mol. The zero-order valence-corrected chi connectivity index (χ0v) is 7.35. The Balaban J connectivity index is 2.38. The SMILES string of the molecule is SCc1ncn2c1CCCC2. The maximum atomic E-state index is 4.30. The highest BCUT2D eigenvalue weighted by Gasteiger charge is 2.12. The normalized spacial score (nSPS) is 16.5. The summed E-state index contributed by atoms with van der Waals surface area (Å²) in [6.07, 6.45) is 5.75. The third kappa shape index (κ3) is 1.18. The van der Waals surface area contributed by atoms with Crippen molar-refractivity contribution in [2.24, 2.45) is 0 Å². The van der Waals surface area contributed by atoms with E-state index in [4.69, 9.17) is 0 Å². The average Bonchev–Trinajstić information content (AvgIpc) is 2.47. The lowest BCUT2D eigenvalue weighted by Crippen LogP contribution is -2.09. The highest BCUT2D eigenvalue weighted by molar-refractivity contribution is 7.79. The van der Waals surface area contributed by atoms with Crippen LogP contribution in [0.2, 0.25) is 0 Å². The molecule has 0 saturated carbocycles. The molecule has 60 valence electrons. The zero-order valence-electron chi connectivity index (χ0n) is 6.45. The lowest BCUT2D eigenvalue weighted by atomic mass is 10.1. The number of nitrogens with zero attached hydrogens (tertiary/aromatic N) is 2. The Hall–Kier alpha value is -0.440. The van der Waals surface area contributed by atoms with Crippen LogP contribution < -0.4 is 0 Å². The Labute approximate surface area is 72.0 Å². The van der Waals surface area contributed by atoms with Gasteiger partial charge in [-0.25, -0.2) is 4.98 Å². The van der Waals surface area contributed by atoms with Crippen LogP contribution in [0.25, 0.3) is 0 Å². The molecule has 1 aliphatic rings. The van der Waals surface area contributed by atoms with Gasteiger partial charge in [-0.2, -0.15) is 12.6 Å². The zero-order chi connectivity index (χ0) is 7.68. The van der Waals surface area contributed by atoms with Gasteiger partial charge in [0.1, 0.15) is 0 Å². The number of hydrogen-bond acceptors (Lipinski definition) is 2. The molecule has 0 N–H and O–H groups in total. The molecule has 0 spiro atoms. The van der Waals surface area contributed by atoms with Crippen LogP contribution >= 0.6 is 12.6 Å². The van der Waals surface area contributed by atoms with Gasteiger partial charge in [0, 0.05) is 18.0 Å². The van der Waals surface area contributed by atoms with Crippen LogP contribution in [0.3, 0.4) is 0 Å². The Morgan fingerprint density at radius 1 is 1.55 bits per heavy atom. The van der Waals surface area contributed by atoms with Gasteiger partial charge in [0.2, 0.25) is 0 Å². The van der Waals surface area contributed by atoms with Crippen molar-refractivity contribution in [3.05, 3.63) is 17.7 Å². The molecule has 0 saturated heterocycles. The summed E-state index contributed by atoms with van der Waals surface area (Å²) in [7, 11) is 0. The van der Waals surface area contributed by atoms with Crippen LogP contribution in [0.15, 0.2) is 6.33 Å². The maximum Gasteiger partial charge on any atom is 0.0952 e. The quantitative estimate of drug-likeness (QED) is 0.631. The van der Waals surface area contributed by atoms with Gasteiger partial charge in [-0.05, 0) is 19.3 Å². The van der Waals surface area contributed by atoms with E-state index < -0.39 is 0 Å². The molecule has 11 heavy (non-hydrogen) atoms. The highest BCUT2D eigenvalue weighted by atomic mass is 32.1. The van der Waals surface area contributed by atoms with Crippen molar-refractivity contribution in [2.75, 3.05) is 0 Å². The first-order valence-corrected chi connectivity index (χ1v) is 4.69. The predicted molar refractivity (Wildman–Crippen MR) is 47.9 cm³/mol. The van der Waals surface area contributed by atoms with E-state index in [1.54, 1.807) is 0 Å². The molecule has 1 aromatic heterocycles. The first kappa shape index (κ1) is 7.22. The molecule has 2 heterocycles. The van der Waals surface area contributed by atoms with Gasteiger partial charge >= 0.3 is 0 Å². The summed E-state index contributed by atoms with van der Waals surface area (Å²) in [4.78, 5) is 4.30. The van der Waals surface area contributed by atoms with E-state index in [1.807, 2.05) is 6.33 Å². The molecule has 3 heteroatoms. The Morgan fingerprint density at radius 2 is 2.45 bits per heavy atom. The van der Waals surface area contributed by atoms with Crippen molar-refractivity contribution in [2.45, 2.75) is 31.6 Å². The van der Waals surface area contributed by atoms with Gasteiger partial charge < -0.3 is 4.57 Å². The fourth-order valence-electron chi connectivity index (χ4n) is 1.64. The van der Waals surface area contributed by atoms with Gasteiger partial charge in [-0.15, -0.1) is 0 Å². The standard InChI is InChI=1S/C8H12N2S/c11-5-7-8-3-1-2-4-10(8)6-9-7/h6,11H,1-5H2. The summed E-state index contributed by atoms with van der Waals surface area (Å²) in [5.74, 6) is 0.780. The molecular formula is C8H12N2S. The van der Waals surface area contributed by atoms with Gasteiger partial charge in [0.15, 0.2) is 0 Å². The first-order valence-electron chi connectivity index (χ1n) is 4.05. The van der Waals surface area contributed by atoms with E-state index in [2.05, 4.69) is 22.2 Å². The van der Waals surface area contributed by atoms with E-state index >= 15 is 0 Å². The second-order valence-corrected chi connectivity index (χ2v) is 3.26. The second kappa shape index (κ2) is 2.89. The maximum absolute atomic E-state index is 4.30. The molecule has 2 rings (SSSR count). The van der Waals surface area contributed by atoms with Crippen LogP contribution in [-0.4, -0.2) is 9.55 Å². The molecule has 1 aliphatic heterocycles. The number of thiol groups is 1. The summed E-state index contributed by atoms with van der Waals surface area (Å²) in [6.45, 7) is 1.15. The molecule has 0 atom stereocenters. The fourth-order valence-corrected chi connectivity index (χ4v) is 1.90. The molecule has 0 fully saturated rings. The molecule has 2 nitrogen and oxygen atoms in total. The molecule has 0 radical (unpaired) electrons. The lowest BCUT2D eigenvalue weighted by Gasteiger charge is -2.14. The smallest absolute Gasteiger partial charge is 0.0952 e. The monoisotopic (exact) mass is 168 g/mol. The summed E-state index contributed by atoms with van der Waals surface area (Å²) in [5.41, 5.74) is 2.58. The number of hydrogen-bond donors (Lipinski definition) is 1. The van der Waals surface area contributed by atoms with Crippen LogP contribution in [0.1, 0.15) is 24.2 Å². The highest BCUT2D eigenvalue weighted by Crippen LogP contribution is 2.18. The molecule has 0 bridgehead atoms. The molecule has 0 aromatic carbocycles. The van der Waals surface area contributed by atoms with E-state index in [1.165, 1.54) is 30.7 Å². The van der Waals surface area contributed by atoms with Crippen molar-refractivity contribution in [1.29, 1.82) is 0 Å². The van der Waals surface area contributed by atoms with Crippen molar-refractivity contribution >= 4 is 12.6 Å². The number of aromatic nitrogens is 2. The van der Waals surface area contributed by atoms with Crippen molar-refractivity contribution < 1.29 is 0 Å². The third-order valence-corrected chi connectivity index (χ3v) is 2.54. The van der Waals surface area contributed by atoms with Crippen molar-refractivity contribution in [3.8, 4) is 0 Å². The van der Waals surface area contributed by atoms with Crippen molar-refractivity contribution in [3.63, 3.8) is 0 Å². The number of aryl methyl sites for hydroxylation is 1. The lowest BCUT2D eigenvalue weighted by molar-refractivity contribution is 0.530. The molecule has 0 amide bonds. The Morgan fingerprint density at radius 3 is 3.27 bits per heavy atom. The fraction of sp³-hybridized carbons (Fsp3) is 0.625. The molecule has 1 aromatic rings. The number of imidazole rings is 1. The van der Waals surface area contributed by atoms with Gasteiger partial charge in [0.05, 0.1) is 12.0 Å². The van der Waals surface area contributed by atoms with Gasteiger partial charge in [-0.3, -0.25) is 0 Å². The van der Waals surface area contributed by atoms with Crippen molar-refractivity contribution in [1.82, 2.24) is 9.55 Å². The minimum atomic E-state index is 0.780. The molecule has 0 unspecified atom stereocenters. The third-order valence-electron chi connectivity index (χ3n) is 2.25. The van der Waals surface area contributed by atoms with E-state index in [-0.39, 0.29) is 0 Å². The van der Waals surface area contributed by atoms with Gasteiger partial charge in [0.25, 0.3) is 0 Å². The predicted octanol–water partition coefficient (Wildman–Crippen LogP) is 1.65. The minimum Gasteiger partial charge on any atom is -0.334 e. The summed E-state index contributed by atoms with van der Waals surface area (Å²) in [5, 5.41) is 0. The minimum absolute atomic E-state index is 0.780. The molecule has 0 aliphatic carbocycles. The topological polar surface area (TPSA) is 17.8 Å². The van der Waals surface area contributed by atoms with Gasteiger partial charge in [-0.1, -0.05) is 0 Å². The number of fused-ring (bicyclic) bond motifs is 1. The summed E-state index contributed by atoms with van der Waals surface area (Å²) < 4.78 is 2.26. The van der Waals surface area contributed by atoms with Crippen LogP contribution in [0.5, 0.6) is 0 Å². The van der Waals surface area contributed by atoms with Crippen LogP contribution in [0.4, 0.5) is 0 Å². The van der Waals surface area contributed by atoms with E-state index in [0.717, 1.165) is 12.3 Å². The Kier molecular flexibility index (Phi) is 1.90. The first-order chi connectivity index (χ1) is 5.42. The Bertz CT molecular complexity index is 241. The number of rotatable bonds is 1. The van der Waals surface area contributed by atoms with E-state index in [9.17, 15) is 0 Å². The van der Waals surface area contributed by atoms with Crippen LogP contribution in [0, 0.1) is 0 Å². The summed E-state index contributed by atoms with van der Waals surface area (Å²) >= 11 is 4.23. The van der Waals surface area contributed by atoms with E-state index in [0.29, 0.717) is 0 Å². The summed E-state index contributed by atoms with van der Waals surface area (Å²) in [6, 6.07) is 0. The molecular weight excluding hydrogens is 156 g/mol. The second-order valence-electron chi connectivity index (χ2n) is 2.95. The largest absolute Gasteiger partial charge is 0.334 e.